The van der Waals surface area contributed by atoms with Crippen LogP contribution in [0.15, 0.2) is 84.4 Å². The zero-order valence-electron chi connectivity index (χ0n) is 17.1. The van der Waals surface area contributed by atoms with Crippen LogP contribution in [0.25, 0.3) is 5.76 Å². The molecule has 0 spiro atoms. The minimum Gasteiger partial charge on any atom is -0.507 e. The number of hydrogen-bond donors (Lipinski definition) is 1. The van der Waals surface area contributed by atoms with Gasteiger partial charge in [-0.05, 0) is 54.1 Å². The molecule has 31 heavy (non-hydrogen) atoms. The molecule has 0 aromatic heterocycles. The van der Waals surface area contributed by atoms with Gasteiger partial charge in [0.1, 0.15) is 5.76 Å². The molecule has 4 rings (SSSR count). The van der Waals surface area contributed by atoms with E-state index in [9.17, 15) is 14.7 Å². The van der Waals surface area contributed by atoms with Crippen LogP contribution in [0, 0.1) is 0 Å². The van der Waals surface area contributed by atoms with Crippen molar-refractivity contribution in [1.29, 1.82) is 0 Å². The second-order valence-corrected chi connectivity index (χ2v) is 7.93. The van der Waals surface area contributed by atoms with E-state index in [1.54, 1.807) is 36.4 Å². The third-order valence-electron chi connectivity index (χ3n) is 5.32. The fourth-order valence-electron chi connectivity index (χ4n) is 3.72. The number of anilines is 2. The van der Waals surface area contributed by atoms with E-state index in [0.717, 1.165) is 11.3 Å². The van der Waals surface area contributed by atoms with Crippen LogP contribution < -0.4 is 9.80 Å². The van der Waals surface area contributed by atoms with Crippen molar-refractivity contribution in [2.75, 3.05) is 23.9 Å². The van der Waals surface area contributed by atoms with Gasteiger partial charge in [-0.15, -0.1) is 0 Å². The maximum Gasteiger partial charge on any atom is 0.300 e. The van der Waals surface area contributed by atoms with E-state index >= 15 is 0 Å². The number of nitrogens with zero attached hydrogens (tertiary/aromatic N) is 2. The number of ketones is 1. The number of rotatable bonds is 4. The van der Waals surface area contributed by atoms with Gasteiger partial charge in [0.25, 0.3) is 11.7 Å². The van der Waals surface area contributed by atoms with Crippen LogP contribution >= 0.6 is 11.6 Å². The standard InChI is InChI=1S/C25H21ClN2O3/c1-27(2)19-12-14-20(15-13-19)28-22(16-6-4-3-5-7-16)21(24(30)25(28)31)23(29)17-8-10-18(26)11-9-17/h3-15,22,29H,1-2H3/b23-21+/t22-/m0/s1. The Morgan fingerprint density at radius 1 is 0.903 bits per heavy atom. The van der Waals surface area contributed by atoms with Crippen molar-refractivity contribution in [3.63, 3.8) is 0 Å². The van der Waals surface area contributed by atoms with E-state index in [-0.39, 0.29) is 11.3 Å². The molecule has 1 heterocycles. The molecular formula is C25H21ClN2O3. The van der Waals surface area contributed by atoms with Crippen molar-refractivity contribution in [1.82, 2.24) is 0 Å². The van der Waals surface area contributed by atoms with Crippen LogP contribution in [0.3, 0.4) is 0 Å². The van der Waals surface area contributed by atoms with Gasteiger partial charge < -0.3 is 10.0 Å². The smallest absolute Gasteiger partial charge is 0.300 e. The SMILES string of the molecule is CN(C)c1ccc(N2C(=O)C(=O)/C(=C(/O)c3ccc(Cl)cc3)[C@@H]2c2ccccc2)cc1. The van der Waals surface area contributed by atoms with E-state index in [0.29, 0.717) is 16.3 Å². The lowest BCUT2D eigenvalue weighted by Gasteiger charge is -2.26. The van der Waals surface area contributed by atoms with Gasteiger partial charge in [-0.25, -0.2) is 0 Å². The lowest BCUT2D eigenvalue weighted by Crippen LogP contribution is -2.29. The number of Topliss-reactive ketones (excluding diaryl/α,β-unsaturated/α-hetero) is 1. The Morgan fingerprint density at radius 3 is 2.10 bits per heavy atom. The summed E-state index contributed by atoms with van der Waals surface area (Å²) in [5.74, 6) is -1.63. The molecule has 1 fully saturated rings. The number of carbonyl (C=O) groups is 2. The normalized spacial score (nSPS) is 17.8. The van der Waals surface area contributed by atoms with Gasteiger partial charge in [-0.3, -0.25) is 14.5 Å². The Kier molecular flexibility index (Phi) is 5.53. The topological polar surface area (TPSA) is 60.9 Å². The zero-order chi connectivity index (χ0) is 22.1. The zero-order valence-corrected chi connectivity index (χ0v) is 17.9. The minimum atomic E-state index is -0.748. The molecule has 156 valence electrons. The Bertz CT molecular complexity index is 1150. The highest BCUT2D eigenvalue weighted by atomic mass is 35.5. The summed E-state index contributed by atoms with van der Waals surface area (Å²) < 4.78 is 0. The molecule has 1 saturated heterocycles. The summed E-state index contributed by atoms with van der Waals surface area (Å²) in [7, 11) is 3.86. The Balaban J connectivity index is 1.89. The van der Waals surface area contributed by atoms with Crippen LogP contribution in [0.2, 0.25) is 5.02 Å². The summed E-state index contributed by atoms with van der Waals surface area (Å²) in [5, 5.41) is 11.6. The van der Waals surface area contributed by atoms with Gasteiger partial charge in [0, 0.05) is 36.1 Å². The first-order chi connectivity index (χ1) is 14.9. The van der Waals surface area contributed by atoms with E-state index in [4.69, 9.17) is 11.6 Å². The van der Waals surface area contributed by atoms with Crippen LogP contribution in [0.5, 0.6) is 0 Å². The number of aliphatic hydroxyl groups is 1. The molecule has 1 aliphatic rings. The number of halogens is 1. The second kappa shape index (κ2) is 8.28. The number of carbonyl (C=O) groups excluding carboxylic acids is 2. The molecule has 0 bridgehead atoms. The van der Waals surface area contributed by atoms with Crippen molar-refractivity contribution in [3.05, 3.63) is 101 Å². The van der Waals surface area contributed by atoms with E-state index in [2.05, 4.69) is 0 Å². The van der Waals surface area contributed by atoms with Crippen molar-refractivity contribution in [2.45, 2.75) is 6.04 Å². The summed E-state index contributed by atoms with van der Waals surface area (Å²) in [5.41, 5.74) is 2.75. The third-order valence-corrected chi connectivity index (χ3v) is 5.57. The summed E-state index contributed by atoms with van der Waals surface area (Å²) in [6.07, 6.45) is 0. The number of amides is 1. The molecule has 3 aromatic rings. The first-order valence-electron chi connectivity index (χ1n) is 9.78. The first-order valence-corrected chi connectivity index (χ1v) is 10.2. The van der Waals surface area contributed by atoms with Crippen LogP contribution in [0.4, 0.5) is 11.4 Å². The fourth-order valence-corrected chi connectivity index (χ4v) is 3.85. The molecule has 3 aromatic carbocycles. The molecule has 5 nitrogen and oxygen atoms in total. The van der Waals surface area contributed by atoms with Crippen molar-refractivity contribution >= 4 is 40.4 Å². The summed E-state index contributed by atoms with van der Waals surface area (Å²) in [6.45, 7) is 0. The number of benzene rings is 3. The first kappa shape index (κ1) is 20.7. The molecule has 0 aliphatic carbocycles. The highest BCUT2D eigenvalue weighted by Gasteiger charge is 2.46. The predicted octanol–water partition coefficient (Wildman–Crippen LogP) is 5.03. The molecule has 0 unspecified atom stereocenters. The molecule has 0 radical (unpaired) electrons. The minimum absolute atomic E-state index is 0.0511. The molecule has 1 amide bonds. The monoisotopic (exact) mass is 432 g/mol. The fraction of sp³-hybridized carbons (Fsp3) is 0.120. The van der Waals surface area contributed by atoms with Gasteiger partial charge in [-0.2, -0.15) is 0 Å². The van der Waals surface area contributed by atoms with Crippen LogP contribution in [0.1, 0.15) is 17.2 Å². The Hall–Kier alpha value is -3.57. The number of aliphatic hydroxyl groups excluding tert-OH is 1. The third kappa shape index (κ3) is 3.80. The lowest BCUT2D eigenvalue weighted by molar-refractivity contribution is -0.132. The largest absolute Gasteiger partial charge is 0.507 e. The number of hydrogen-bond acceptors (Lipinski definition) is 4. The average molecular weight is 433 g/mol. The lowest BCUT2D eigenvalue weighted by atomic mass is 9.95. The Labute approximate surface area is 185 Å². The van der Waals surface area contributed by atoms with Crippen molar-refractivity contribution in [2.24, 2.45) is 0 Å². The van der Waals surface area contributed by atoms with Gasteiger partial charge in [-0.1, -0.05) is 41.9 Å². The maximum absolute atomic E-state index is 13.1. The Morgan fingerprint density at radius 2 is 1.52 bits per heavy atom. The van der Waals surface area contributed by atoms with Gasteiger partial charge in [0.15, 0.2) is 0 Å². The summed E-state index contributed by atoms with van der Waals surface area (Å²) in [6, 6.07) is 22.4. The van der Waals surface area contributed by atoms with Crippen LogP contribution in [-0.4, -0.2) is 30.9 Å². The molecule has 1 aliphatic heterocycles. The molecular weight excluding hydrogens is 412 g/mol. The van der Waals surface area contributed by atoms with Crippen molar-refractivity contribution in [3.8, 4) is 0 Å². The summed E-state index contributed by atoms with van der Waals surface area (Å²) in [4.78, 5) is 29.6. The van der Waals surface area contributed by atoms with Crippen LogP contribution in [-0.2, 0) is 9.59 Å². The van der Waals surface area contributed by atoms with Crippen molar-refractivity contribution < 1.29 is 14.7 Å². The van der Waals surface area contributed by atoms with Gasteiger partial charge in [0.05, 0.1) is 11.6 Å². The summed E-state index contributed by atoms with van der Waals surface area (Å²) >= 11 is 5.96. The molecule has 1 N–H and O–H groups in total. The second-order valence-electron chi connectivity index (χ2n) is 7.50. The molecule has 1 atom stereocenters. The van der Waals surface area contributed by atoms with E-state index in [1.807, 2.05) is 61.5 Å². The predicted molar refractivity (Wildman–Crippen MR) is 123 cm³/mol. The quantitative estimate of drug-likeness (QED) is 0.357. The molecule has 6 heteroatoms. The molecule has 0 saturated carbocycles. The van der Waals surface area contributed by atoms with Gasteiger partial charge >= 0.3 is 0 Å². The highest BCUT2D eigenvalue weighted by Crippen LogP contribution is 2.42. The van der Waals surface area contributed by atoms with Gasteiger partial charge in [0.2, 0.25) is 0 Å². The van der Waals surface area contributed by atoms with E-state index in [1.165, 1.54) is 4.90 Å². The maximum atomic E-state index is 13.1. The average Bonchev–Trinajstić information content (AvgIpc) is 3.05. The van der Waals surface area contributed by atoms with E-state index < -0.39 is 17.7 Å². The highest BCUT2D eigenvalue weighted by molar-refractivity contribution is 6.51.